The molecule has 0 spiro atoms. The molecule has 0 atom stereocenters. The highest BCUT2D eigenvalue weighted by atomic mass is 16.6. The van der Waals surface area contributed by atoms with E-state index in [4.69, 9.17) is 0 Å². The van der Waals surface area contributed by atoms with E-state index in [1.165, 1.54) is 6.07 Å². The summed E-state index contributed by atoms with van der Waals surface area (Å²) in [6.45, 7) is 2.20. The summed E-state index contributed by atoms with van der Waals surface area (Å²) in [6, 6.07) is 11.8. The van der Waals surface area contributed by atoms with E-state index < -0.39 is 4.92 Å². The average Bonchev–Trinajstić information content (AvgIpc) is 2.37. The number of benzene rings is 2. The Balaban J connectivity index is 2.22. The monoisotopic (exact) mass is 258 g/mol. The summed E-state index contributed by atoms with van der Waals surface area (Å²) in [5, 5.41) is 23.6. The van der Waals surface area contributed by atoms with Crippen LogP contribution in [0.2, 0.25) is 0 Å². The van der Waals surface area contributed by atoms with Crippen molar-refractivity contribution >= 4 is 11.4 Å². The lowest BCUT2D eigenvalue weighted by molar-refractivity contribution is -0.384. The Morgan fingerprint density at radius 1 is 1.26 bits per heavy atom. The van der Waals surface area contributed by atoms with Gasteiger partial charge < -0.3 is 10.4 Å². The zero-order valence-electron chi connectivity index (χ0n) is 10.5. The number of aryl methyl sites for hydroxylation is 1. The molecule has 2 aromatic rings. The summed E-state index contributed by atoms with van der Waals surface area (Å²) in [4.78, 5) is 10.5. The van der Waals surface area contributed by atoms with Crippen molar-refractivity contribution in [2.24, 2.45) is 0 Å². The summed E-state index contributed by atoms with van der Waals surface area (Å²) in [6.07, 6.45) is 0. The van der Waals surface area contributed by atoms with E-state index >= 15 is 0 Å². The largest absolute Gasteiger partial charge is 0.508 e. The molecule has 2 N–H and O–H groups in total. The minimum absolute atomic E-state index is 0.0287. The molecule has 0 bridgehead atoms. The molecule has 0 unspecified atom stereocenters. The fourth-order valence-electron chi connectivity index (χ4n) is 1.80. The van der Waals surface area contributed by atoms with Crippen molar-refractivity contribution in [3.05, 3.63) is 63.7 Å². The second-order valence-electron chi connectivity index (χ2n) is 4.26. The lowest BCUT2D eigenvalue weighted by Crippen LogP contribution is -2.03. The van der Waals surface area contributed by atoms with Gasteiger partial charge in [-0.25, -0.2) is 0 Å². The van der Waals surface area contributed by atoms with Crippen molar-refractivity contribution < 1.29 is 10.0 Å². The van der Waals surface area contributed by atoms with Gasteiger partial charge in [0.2, 0.25) is 0 Å². The second-order valence-corrected chi connectivity index (χ2v) is 4.26. The van der Waals surface area contributed by atoms with Gasteiger partial charge >= 0.3 is 0 Å². The number of phenolic OH excluding ortho intramolecular Hbond substituents is 1. The standard InChI is InChI=1S/C14H14N2O3/c1-10-6-7-13(16(18)19)12(8-10)15-9-11-4-2-3-5-14(11)17/h2-8,15,17H,9H2,1H3. The summed E-state index contributed by atoms with van der Waals surface area (Å²) in [5.74, 6) is 0.172. The minimum atomic E-state index is -0.424. The number of nitro benzene ring substituents is 1. The number of para-hydroxylation sites is 1. The van der Waals surface area contributed by atoms with Crippen molar-refractivity contribution in [3.63, 3.8) is 0 Å². The number of nitrogens with zero attached hydrogens (tertiary/aromatic N) is 1. The fourth-order valence-corrected chi connectivity index (χ4v) is 1.80. The van der Waals surface area contributed by atoms with Crippen molar-refractivity contribution in [1.82, 2.24) is 0 Å². The van der Waals surface area contributed by atoms with Crippen LogP contribution in [0.3, 0.4) is 0 Å². The lowest BCUT2D eigenvalue weighted by Gasteiger charge is -2.09. The molecule has 5 nitrogen and oxygen atoms in total. The number of rotatable bonds is 4. The molecule has 2 aromatic carbocycles. The fraction of sp³-hybridized carbons (Fsp3) is 0.143. The van der Waals surface area contributed by atoms with Crippen molar-refractivity contribution in [3.8, 4) is 5.75 Å². The Bertz CT molecular complexity index is 611. The van der Waals surface area contributed by atoms with E-state index in [0.717, 1.165) is 5.56 Å². The molecule has 0 amide bonds. The Labute approximate surface area is 110 Å². The predicted molar refractivity (Wildman–Crippen MR) is 73.3 cm³/mol. The van der Waals surface area contributed by atoms with E-state index in [1.54, 1.807) is 36.4 Å². The van der Waals surface area contributed by atoms with Gasteiger partial charge in [-0.1, -0.05) is 24.3 Å². The number of anilines is 1. The van der Waals surface area contributed by atoms with Gasteiger partial charge in [-0.05, 0) is 24.6 Å². The number of hydrogen-bond donors (Lipinski definition) is 2. The van der Waals surface area contributed by atoms with Crippen LogP contribution in [0.25, 0.3) is 0 Å². The number of hydrogen-bond acceptors (Lipinski definition) is 4. The summed E-state index contributed by atoms with van der Waals surface area (Å²) in [7, 11) is 0. The van der Waals surface area contributed by atoms with Gasteiger partial charge in [-0.3, -0.25) is 10.1 Å². The van der Waals surface area contributed by atoms with Gasteiger partial charge in [0.05, 0.1) is 4.92 Å². The van der Waals surface area contributed by atoms with Crippen LogP contribution in [0.1, 0.15) is 11.1 Å². The van der Waals surface area contributed by atoms with Gasteiger partial charge in [0, 0.05) is 18.2 Å². The molecule has 0 aliphatic carbocycles. The topological polar surface area (TPSA) is 75.4 Å². The zero-order chi connectivity index (χ0) is 13.8. The molecule has 0 heterocycles. The minimum Gasteiger partial charge on any atom is -0.508 e. The van der Waals surface area contributed by atoms with Gasteiger partial charge in [0.1, 0.15) is 11.4 Å². The SMILES string of the molecule is Cc1ccc([N+](=O)[O-])c(NCc2ccccc2O)c1. The Hall–Kier alpha value is -2.56. The van der Waals surface area contributed by atoms with E-state index in [2.05, 4.69) is 5.32 Å². The smallest absolute Gasteiger partial charge is 0.292 e. The van der Waals surface area contributed by atoms with Gasteiger partial charge in [-0.2, -0.15) is 0 Å². The summed E-state index contributed by atoms with van der Waals surface area (Å²) in [5.41, 5.74) is 2.11. The van der Waals surface area contributed by atoms with Crippen molar-refractivity contribution in [2.45, 2.75) is 13.5 Å². The molecule has 98 valence electrons. The Kier molecular flexibility index (Phi) is 3.66. The maximum Gasteiger partial charge on any atom is 0.292 e. The molecule has 19 heavy (non-hydrogen) atoms. The first-order valence-electron chi connectivity index (χ1n) is 5.83. The average molecular weight is 258 g/mol. The number of phenols is 1. The molecule has 0 saturated heterocycles. The molecule has 0 aliphatic heterocycles. The van der Waals surface area contributed by atoms with Crippen LogP contribution in [0.15, 0.2) is 42.5 Å². The maximum absolute atomic E-state index is 10.9. The van der Waals surface area contributed by atoms with Crippen LogP contribution < -0.4 is 5.32 Å². The molecule has 0 fully saturated rings. The third-order valence-electron chi connectivity index (χ3n) is 2.81. The van der Waals surface area contributed by atoms with Crippen LogP contribution >= 0.6 is 0 Å². The number of nitrogens with one attached hydrogen (secondary N) is 1. The molecule has 0 saturated carbocycles. The van der Waals surface area contributed by atoms with Crippen LogP contribution in [0.5, 0.6) is 5.75 Å². The van der Waals surface area contributed by atoms with Gasteiger partial charge in [-0.15, -0.1) is 0 Å². The van der Waals surface area contributed by atoms with E-state index in [1.807, 2.05) is 6.92 Å². The number of aromatic hydroxyl groups is 1. The summed E-state index contributed by atoms with van der Waals surface area (Å²) < 4.78 is 0. The van der Waals surface area contributed by atoms with Crippen LogP contribution in [-0.2, 0) is 6.54 Å². The molecular formula is C14H14N2O3. The first-order valence-corrected chi connectivity index (χ1v) is 5.83. The quantitative estimate of drug-likeness (QED) is 0.652. The second kappa shape index (κ2) is 5.39. The maximum atomic E-state index is 10.9. The lowest BCUT2D eigenvalue weighted by atomic mass is 10.1. The number of nitro groups is 1. The zero-order valence-corrected chi connectivity index (χ0v) is 10.5. The third kappa shape index (κ3) is 3.01. The molecule has 0 aliphatic rings. The van der Waals surface area contributed by atoms with E-state index in [9.17, 15) is 15.2 Å². The van der Waals surface area contributed by atoms with Crippen LogP contribution in [-0.4, -0.2) is 10.0 Å². The molecule has 0 radical (unpaired) electrons. The molecular weight excluding hydrogens is 244 g/mol. The van der Waals surface area contributed by atoms with Gasteiger partial charge in [0.15, 0.2) is 0 Å². The van der Waals surface area contributed by atoms with Crippen molar-refractivity contribution in [2.75, 3.05) is 5.32 Å². The normalized spacial score (nSPS) is 10.2. The molecule has 2 rings (SSSR count). The molecule has 0 aromatic heterocycles. The predicted octanol–water partition coefficient (Wildman–Crippen LogP) is 3.22. The first-order chi connectivity index (χ1) is 9.08. The van der Waals surface area contributed by atoms with Gasteiger partial charge in [0.25, 0.3) is 5.69 Å². The molecule has 5 heteroatoms. The van der Waals surface area contributed by atoms with E-state index in [0.29, 0.717) is 17.8 Å². The highest BCUT2D eigenvalue weighted by Crippen LogP contribution is 2.26. The first kappa shape index (κ1) is 12.9. The summed E-state index contributed by atoms with van der Waals surface area (Å²) >= 11 is 0. The van der Waals surface area contributed by atoms with Crippen molar-refractivity contribution in [1.29, 1.82) is 0 Å². The van der Waals surface area contributed by atoms with Crippen LogP contribution in [0.4, 0.5) is 11.4 Å². The third-order valence-corrected chi connectivity index (χ3v) is 2.81. The van der Waals surface area contributed by atoms with E-state index in [-0.39, 0.29) is 11.4 Å². The van der Waals surface area contributed by atoms with Crippen LogP contribution in [0, 0.1) is 17.0 Å². The Morgan fingerprint density at radius 3 is 2.68 bits per heavy atom. The Morgan fingerprint density at radius 2 is 2.00 bits per heavy atom. The highest BCUT2D eigenvalue weighted by Gasteiger charge is 2.13. The highest BCUT2D eigenvalue weighted by molar-refractivity contribution is 5.63.